The van der Waals surface area contributed by atoms with E-state index < -0.39 is 5.60 Å². The van der Waals surface area contributed by atoms with Gasteiger partial charge in [0.05, 0.1) is 5.60 Å². The van der Waals surface area contributed by atoms with E-state index >= 15 is 0 Å². The number of hydrogen-bond donors (Lipinski definition) is 1. The van der Waals surface area contributed by atoms with Crippen LogP contribution in [0.15, 0.2) is 0 Å². The van der Waals surface area contributed by atoms with Crippen molar-refractivity contribution in [1.82, 2.24) is 0 Å². The summed E-state index contributed by atoms with van der Waals surface area (Å²) in [5, 5.41) is 11.5. The summed E-state index contributed by atoms with van der Waals surface area (Å²) in [7, 11) is 0. The largest absolute Gasteiger partial charge is 0.390 e. The van der Waals surface area contributed by atoms with Gasteiger partial charge in [0.1, 0.15) is 11.6 Å². The molecule has 0 aromatic carbocycles. The summed E-state index contributed by atoms with van der Waals surface area (Å²) < 4.78 is 0. The standard InChI is InChI=1S/C27H44O3/c1-17(2)7-6-12-27(5,30)24-9-8-20-19-16-23(29)22-15-18(28)10-13-25(22,3)21(19)11-14-26(20,24)4/h17,19-22,24,30H,6-16H2,1-5H3. The fraction of sp³-hybridized carbons (Fsp3) is 0.926. The van der Waals surface area contributed by atoms with Gasteiger partial charge in [-0.2, -0.15) is 0 Å². The molecule has 0 aromatic heterocycles. The van der Waals surface area contributed by atoms with Crippen LogP contribution in [0.4, 0.5) is 0 Å². The number of hydrogen-bond acceptors (Lipinski definition) is 3. The lowest BCUT2D eigenvalue weighted by molar-refractivity contribution is -0.162. The average Bonchev–Trinajstić information content (AvgIpc) is 3.01. The molecular formula is C27H44O3. The fourth-order valence-electron chi connectivity index (χ4n) is 8.90. The van der Waals surface area contributed by atoms with Gasteiger partial charge < -0.3 is 5.11 Å². The maximum Gasteiger partial charge on any atom is 0.137 e. The van der Waals surface area contributed by atoms with Crippen molar-refractivity contribution in [1.29, 1.82) is 0 Å². The molecule has 4 aliphatic rings. The van der Waals surface area contributed by atoms with Crippen molar-refractivity contribution in [2.75, 3.05) is 0 Å². The lowest BCUT2D eigenvalue weighted by Crippen LogP contribution is -2.57. The molecule has 0 bridgehead atoms. The topological polar surface area (TPSA) is 54.4 Å². The van der Waals surface area contributed by atoms with E-state index in [2.05, 4.69) is 34.6 Å². The molecule has 30 heavy (non-hydrogen) atoms. The molecule has 0 radical (unpaired) electrons. The van der Waals surface area contributed by atoms with Crippen LogP contribution in [0.5, 0.6) is 0 Å². The predicted octanol–water partition coefficient (Wildman–Crippen LogP) is 5.97. The lowest BCUT2D eigenvalue weighted by atomic mass is 9.44. The zero-order chi connectivity index (χ0) is 21.9. The Labute approximate surface area is 183 Å². The minimum absolute atomic E-state index is 0.0209. The molecular weight excluding hydrogens is 372 g/mol. The van der Waals surface area contributed by atoms with Crippen LogP contribution < -0.4 is 0 Å². The quantitative estimate of drug-likeness (QED) is 0.600. The summed E-state index contributed by atoms with van der Waals surface area (Å²) in [6, 6.07) is 0. The van der Waals surface area contributed by atoms with Gasteiger partial charge in [0.25, 0.3) is 0 Å². The number of aliphatic hydroxyl groups is 1. The first-order valence-electron chi connectivity index (χ1n) is 12.8. The molecule has 0 aromatic rings. The highest BCUT2D eigenvalue weighted by Gasteiger charge is 2.63. The Morgan fingerprint density at radius 3 is 2.43 bits per heavy atom. The Morgan fingerprint density at radius 1 is 1.03 bits per heavy atom. The van der Waals surface area contributed by atoms with E-state index in [1.807, 2.05) is 0 Å². The van der Waals surface area contributed by atoms with Gasteiger partial charge >= 0.3 is 0 Å². The second kappa shape index (κ2) is 7.71. The molecule has 3 nitrogen and oxygen atoms in total. The molecule has 0 aliphatic heterocycles. The third-order valence-electron chi connectivity index (χ3n) is 10.5. The van der Waals surface area contributed by atoms with Gasteiger partial charge in [-0.1, -0.05) is 40.5 Å². The third-order valence-corrected chi connectivity index (χ3v) is 10.5. The highest BCUT2D eigenvalue weighted by Crippen LogP contribution is 2.68. The van der Waals surface area contributed by atoms with E-state index in [4.69, 9.17) is 0 Å². The van der Waals surface area contributed by atoms with Gasteiger partial charge in [0, 0.05) is 25.2 Å². The highest BCUT2D eigenvalue weighted by molar-refractivity contribution is 5.90. The number of carbonyl (C=O) groups excluding carboxylic acids is 2. The predicted molar refractivity (Wildman–Crippen MR) is 120 cm³/mol. The molecule has 170 valence electrons. The van der Waals surface area contributed by atoms with Crippen LogP contribution in [0.1, 0.15) is 105 Å². The minimum Gasteiger partial charge on any atom is -0.390 e. The third kappa shape index (κ3) is 3.51. The van der Waals surface area contributed by atoms with Crippen LogP contribution in [0, 0.1) is 46.3 Å². The molecule has 8 unspecified atom stereocenters. The zero-order valence-corrected chi connectivity index (χ0v) is 20.0. The summed E-state index contributed by atoms with van der Waals surface area (Å²) >= 11 is 0. The van der Waals surface area contributed by atoms with Crippen LogP contribution in [-0.2, 0) is 9.59 Å². The van der Waals surface area contributed by atoms with Crippen LogP contribution in [0.2, 0.25) is 0 Å². The van der Waals surface area contributed by atoms with Crippen LogP contribution >= 0.6 is 0 Å². The first-order chi connectivity index (χ1) is 14.0. The summed E-state index contributed by atoms with van der Waals surface area (Å²) in [6.45, 7) is 11.4. The summed E-state index contributed by atoms with van der Waals surface area (Å²) in [4.78, 5) is 25.3. The average molecular weight is 417 g/mol. The molecule has 4 fully saturated rings. The lowest BCUT2D eigenvalue weighted by Gasteiger charge is -2.60. The van der Waals surface area contributed by atoms with Crippen molar-refractivity contribution in [2.45, 2.75) is 111 Å². The molecule has 0 amide bonds. The van der Waals surface area contributed by atoms with Crippen molar-refractivity contribution < 1.29 is 14.7 Å². The molecule has 4 rings (SSSR count). The fourth-order valence-corrected chi connectivity index (χ4v) is 8.90. The molecule has 0 saturated heterocycles. The van der Waals surface area contributed by atoms with Crippen molar-refractivity contribution >= 4 is 11.6 Å². The molecule has 3 heteroatoms. The SMILES string of the molecule is CC(C)CCCC(C)(O)C1CCC2C3CC(=O)C4CC(=O)CCC4(C)C3CCC21C. The van der Waals surface area contributed by atoms with Crippen LogP contribution in [0.25, 0.3) is 0 Å². The van der Waals surface area contributed by atoms with Gasteiger partial charge in [0.2, 0.25) is 0 Å². The smallest absolute Gasteiger partial charge is 0.137 e. The Hall–Kier alpha value is -0.700. The molecule has 8 atom stereocenters. The van der Waals surface area contributed by atoms with E-state index in [0.717, 1.165) is 32.1 Å². The molecule has 4 saturated carbocycles. The second-order valence-electron chi connectivity index (χ2n) is 12.7. The molecule has 4 aliphatic carbocycles. The normalized spacial score (nSPS) is 45.6. The Morgan fingerprint density at radius 2 is 1.73 bits per heavy atom. The van der Waals surface area contributed by atoms with E-state index in [1.54, 1.807) is 0 Å². The van der Waals surface area contributed by atoms with E-state index in [1.165, 1.54) is 19.3 Å². The highest BCUT2D eigenvalue weighted by atomic mass is 16.3. The number of carbonyl (C=O) groups is 2. The maximum absolute atomic E-state index is 13.2. The number of fused-ring (bicyclic) bond motifs is 5. The van der Waals surface area contributed by atoms with Gasteiger partial charge in [-0.15, -0.1) is 0 Å². The van der Waals surface area contributed by atoms with Gasteiger partial charge in [0.15, 0.2) is 0 Å². The van der Waals surface area contributed by atoms with Gasteiger partial charge in [-0.3, -0.25) is 9.59 Å². The summed E-state index contributed by atoms with van der Waals surface area (Å²) in [5.74, 6) is 3.26. The zero-order valence-electron chi connectivity index (χ0n) is 20.0. The van der Waals surface area contributed by atoms with E-state index in [9.17, 15) is 14.7 Å². The first kappa shape index (κ1) is 22.5. The van der Waals surface area contributed by atoms with E-state index in [0.29, 0.717) is 60.4 Å². The number of ketones is 2. The van der Waals surface area contributed by atoms with Crippen molar-refractivity contribution in [3.8, 4) is 0 Å². The van der Waals surface area contributed by atoms with Crippen molar-refractivity contribution in [2.24, 2.45) is 46.3 Å². The Bertz CT molecular complexity index is 694. The van der Waals surface area contributed by atoms with E-state index in [-0.39, 0.29) is 16.7 Å². The number of Topliss-reactive ketones (excluding diaryl/α,β-unsaturated/α-hetero) is 2. The van der Waals surface area contributed by atoms with Crippen molar-refractivity contribution in [3.63, 3.8) is 0 Å². The monoisotopic (exact) mass is 416 g/mol. The maximum atomic E-state index is 13.2. The molecule has 0 heterocycles. The summed E-state index contributed by atoms with van der Waals surface area (Å²) in [5.41, 5.74) is -0.433. The molecule has 0 spiro atoms. The number of rotatable bonds is 5. The first-order valence-corrected chi connectivity index (χ1v) is 12.8. The Kier molecular flexibility index (Phi) is 5.78. The van der Waals surface area contributed by atoms with Gasteiger partial charge in [-0.05, 0) is 85.9 Å². The minimum atomic E-state index is -0.604. The second-order valence-corrected chi connectivity index (χ2v) is 12.7. The van der Waals surface area contributed by atoms with Crippen LogP contribution in [-0.4, -0.2) is 22.3 Å². The summed E-state index contributed by atoms with van der Waals surface area (Å²) in [6.07, 6.45) is 10.5. The van der Waals surface area contributed by atoms with Crippen molar-refractivity contribution in [3.05, 3.63) is 0 Å². The Balaban J connectivity index is 1.55. The molecule has 1 N–H and O–H groups in total. The van der Waals surface area contributed by atoms with Gasteiger partial charge in [-0.25, -0.2) is 0 Å². The van der Waals surface area contributed by atoms with Crippen LogP contribution in [0.3, 0.4) is 0 Å².